The van der Waals surface area contributed by atoms with Gasteiger partial charge in [-0.15, -0.1) is 11.8 Å². The topological polar surface area (TPSA) is 56.8 Å². The molecule has 0 aromatic heterocycles. The Kier molecular flexibility index (Phi) is 7.09. The van der Waals surface area contributed by atoms with Crippen LogP contribution in [0.2, 0.25) is 0 Å². The van der Waals surface area contributed by atoms with E-state index in [1.54, 1.807) is 0 Å². The Bertz CT molecular complexity index is 807. The van der Waals surface area contributed by atoms with Gasteiger partial charge in [-0.05, 0) is 57.2 Å². The fourth-order valence-electron chi connectivity index (χ4n) is 3.10. The van der Waals surface area contributed by atoms with Gasteiger partial charge in [0.2, 0.25) is 5.91 Å². The number of carbonyl (C=O) groups excluding carboxylic acids is 1. The van der Waals surface area contributed by atoms with Crippen molar-refractivity contribution in [2.24, 2.45) is 0 Å². The third-order valence-electron chi connectivity index (χ3n) is 4.36. The molecule has 0 bridgehead atoms. The SMILES string of the molecule is CCOc1ccc(SCC(=O)NCc2cc3c(cc2OCC)C[C@H](C)O3)cc1. The fraction of sp³-hybridized carbons (Fsp3) is 0.409. The van der Waals surface area contributed by atoms with Crippen LogP contribution in [0.15, 0.2) is 41.3 Å². The molecule has 0 spiro atoms. The molecule has 0 unspecified atom stereocenters. The fourth-order valence-corrected chi connectivity index (χ4v) is 3.83. The molecule has 1 amide bonds. The van der Waals surface area contributed by atoms with E-state index in [0.29, 0.717) is 25.5 Å². The Labute approximate surface area is 170 Å². The lowest BCUT2D eigenvalue weighted by molar-refractivity contribution is -0.118. The van der Waals surface area contributed by atoms with Gasteiger partial charge >= 0.3 is 0 Å². The van der Waals surface area contributed by atoms with Gasteiger partial charge in [-0.1, -0.05) is 0 Å². The zero-order valence-corrected chi connectivity index (χ0v) is 17.4. The van der Waals surface area contributed by atoms with Crippen LogP contribution in [0, 0.1) is 0 Å². The van der Waals surface area contributed by atoms with Gasteiger partial charge in [-0.2, -0.15) is 0 Å². The number of amides is 1. The highest BCUT2D eigenvalue weighted by molar-refractivity contribution is 8.00. The summed E-state index contributed by atoms with van der Waals surface area (Å²) in [5.74, 6) is 2.89. The van der Waals surface area contributed by atoms with Crippen molar-refractivity contribution in [2.45, 2.75) is 44.7 Å². The van der Waals surface area contributed by atoms with Crippen LogP contribution in [0.5, 0.6) is 17.2 Å². The predicted molar refractivity (Wildman–Crippen MR) is 112 cm³/mol. The summed E-state index contributed by atoms with van der Waals surface area (Å²) in [4.78, 5) is 13.3. The molecule has 1 N–H and O–H groups in total. The zero-order valence-electron chi connectivity index (χ0n) is 16.6. The van der Waals surface area contributed by atoms with E-state index in [1.165, 1.54) is 11.8 Å². The first-order valence-electron chi connectivity index (χ1n) is 9.66. The molecule has 3 rings (SSSR count). The molecule has 5 nitrogen and oxygen atoms in total. The number of fused-ring (bicyclic) bond motifs is 1. The van der Waals surface area contributed by atoms with Crippen LogP contribution in [0.25, 0.3) is 0 Å². The van der Waals surface area contributed by atoms with E-state index in [2.05, 4.69) is 12.2 Å². The number of hydrogen-bond donors (Lipinski definition) is 1. The van der Waals surface area contributed by atoms with E-state index in [1.807, 2.05) is 50.2 Å². The van der Waals surface area contributed by atoms with Gasteiger partial charge in [0, 0.05) is 29.0 Å². The predicted octanol–water partition coefficient (Wildman–Crippen LogP) is 4.22. The van der Waals surface area contributed by atoms with E-state index in [9.17, 15) is 4.79 Å². The van der Waals surface area contributed by atoms with Crippen LogP contribution >= 0.6 is 11.8 Å². The van der Waals surface area contributed by atoms with E-state index in [0.717, 1.165) is 39.7 Å². The summed E-state index contributed by atoms with van der Waals surface area (Å²) in [5, 5.41) is 2.98. The first-order valence-corrected chi connectivity index (χ1v) is 10.6. The monoisotopic (exact) mass is 401 g/mol. The molecule has 0 saturated heterocycles. The molecule has 0 fully saturated rings. The molecule has 0 radical (unpaired) electrons. The van der Waals surface area contributed by atoms with Crippen LogP contribution in [0.4, 0.5) is 0 Å². The summed E-state index contributed by atoms with van der Waals surface area (Å²) in [6.45, 7) is 7.62. The van der Waals surface area contributed by atoms with Crippen molar-refractivity contribution in [1.82, 2.24) is 5.32 Å². The highest BCUT2D eigenvalue weighted by Crippen LogP contribution is 2.35. The Morgan fingerprint density at radius 3 is 2.64 bits per heavy atom. The second kappa shape index (κ2) is 9.73. The highest BCUT2D eigenvalue weighted by Gasteiger charge is 2.22. The molecule has 0 saturated carbocycles. The molecular formula is C22H27NO4S. The third-order valence-corrected chi connectivity index (χ3v) is 5.37. The quantitative estimate of drug-likeness (QED) is 0.638. The summed E-state index contributed by atoms with van der Waals surface area (Å²) in [5.41, 5.74) is 2.10. The number of thioether (sulfide) groups is 1. The van der Waals surface area contributed by atoms with Gasteiger partial charge < -0.3 is 19.5 Å². The Hall–Kier alpha value is -2.34. The van der Waals surface area contributed by atoms with Gasteiger partial charge in [-0.3, -0.25) is 4.79 Å². The molecule has 28 heavy (non-hydrogen) atoms. The second-order valence-electron chi connectivity index (χ2n) is 6.60. The van der Waals surface area contributed by atoms with Crippen LogP contribution in [0.1, 0.15) is 31.9 Å². The highest BCUT2D eigenvalue weighted by atomic mass is 32.2. The zero-order chi connectivity index (χ0) is 19.9. The van der Waals surface area contributed by atoms with Crippen LogP contribution in [0.3, 0.4) is 0 Å². The van der Waals surface area contributed by atoms with Crippen molar-refractivity contribution in [2.75, 3.05) is 19.0 Å². The molecule has 2 aromatic rings. The maximum absolute atomic E-state index is 12.3. The number of nitrogens with one attached hydrogen (secondary N) is 1. The van der Waals surface area contributed by atoms with Crippen molar-refractivity contribution in [1.29, 1.82) is 0 Å². The summed E-state index contributed by atoms with van der Waals surface area (Å²) >= 11 is 1.50. The Balaban J connectivity index is 1.54. The lowest BCUT2D eigenvalue weighted by Crippen LogP contribution is -2.24. The van der Waals surface area contributed by atoms with E-state index in [4.69, 9.17) is 14.2 Å². The molecule has 6 heteroatoms. The first kappa shape index (κ1) is 20.4. The average Bonchev–Trinajstić information content (AvgIpc) is 3.05. The molecule has 150 valence electrons. The molecule has 1 atom stereocenters. The number of ether oxygens (including phenoxy) is 3. The van der Waals surface area contributed by atoms with Gasteiger partial charge in [0.1, 0.15) is 23.4 Å². The third kappa shape index (κ3) is 5.35. The van der Waals surface area contributed by atoms with Crippen molar-refractivity contribution in [3.05, 3.63) is 47.5 Å². The van der Waals surface area contributed by atoms with Crippen LogP contribution in [-0.2, 0) is 17.8 Å². The van der Waals surface area contributed by atoms with Crippen LogP contribution < -0.4 is 19.5 Å². The van der Waals surface area contributed by atoms with E-state index < -0.39 is 0 Å². The van der Waals surface area contributed by atoms with Crippen molar-refractivity contribution in [3.8, 4) is 17.2 Å². The van der Waals surface area contributed by atoms with Crippen molar-refractivity contribution in [3.63, 3.8) is 0 Å². The minimum absolute atomic E-state index is 0.0175. The lowest BCUT2D eigenvalue weighted by Gasteiger charge is -2.13. The number of benzene rings is 2. The standard InChI is InChI=1S/C22H27NO4S/c1-4-25-18-6-8-19(9-7-18)28-14-22(24)23-13-17-12-21-16(10-15(3)27-21)11-20(17)26-5-2/h6-9,11-12,15H,4-5,10,13-14H2,1-3H3,(H,23,24)/t15-/m0/s1. The maximum atomic E-state index is 12.3. The maximum Gasteiger partial charge on any atom is 0.230 e. The Morgan fingerprint density at radius 2 is 1.93 bits per heavy atom. The van der Waals surface area contributed by atoms with E-state index >= 15 is 0 Å². The van der Waals surface area contributed by atoms with E-state index in [-0.39, 0.29) is 12.0 Å². The second-order valence-corrected chi connectivity index (χ2v) is 7.65. The summed E-state index contributed by atoms with van der Waals surface area (Å²) in [6, 6.07) is 11.8. The molecule has 1 aliphatic heterocycles. The van der Waals surface area contributed by atoms with Crippen molar-refractivity contribution >= 4 is 17.7 Å². The first-order chi connectivity index (χ1) is 13.6. The van der Waals surface area contributed by atoms with Gasteiger partial charge in [-0.25, -0.2) is 0 Å². The minimum atomic E-state index is -0.0175. The smallest absolute Gasteiger partial charge is 0.230 e. The molecule has 0 aliphatic carbocycles. The number of hydrogen-bond acceptors (Lipinski definition) is 5. The van der Waals surface area contributed by atoms with Gasteiger partial charge in [0.25, 0.3) is 0 Å². The Morgan fingerprint density at radius 1 is 1.18 bits per heavy atom. The largest absolute Gasteiger partial charge is 0.494 e. The summed E-state index contributed by atoms with van der Waals surface area (Å²) in [7, 11) is 0. The normalized spacial score (nSPS) is 14.9. The van der Waals surface area contributed by atoms with Crippen LogP contribution in [-0.4, -0.2) is 31.0 Å². The average molecular weight is 402 g/mol. The number of rotatable bonds is 9. The molecular weight excluding hydrogens is 374 g/mol. The van der Waals surface area contributed by atoms with Crippen molar-refractivity contribution < 1.29 is 19.0 Å². The number of carbonyl (C=O) groups is 1. The molecule has 2 aromatic carbocycles. The molecule has 1 aliphatic rings. The summed E-state index contributed by atoms with van der Waals surface area (Å²) < 4.78 is 17.0. The van der Waals surface area contributed by atoms with Gasteiger partial charge in [0.15, 0.2) is 0 Å². The van der Waals surface area contributed by atoms with Gasteiger partial charge in [0.05, 0.1) is 19.0 Å². The molecule has 1 heterocycles. The minimum Gasteiger partial charge on any atom is -0.494 e. The summed E-state index contributed by atoms with van der Waals surface area (Å²) in [6.07, 6.45) is 1.07. The lowest BCUT2D eigenvalue weighted by atomic mass is 10.1.